The van der Waals surface area contributed by atoms with Gasteiger partial charge in [0.15, 0.2) is 0 Å². The SMILES string of the molecule is CC(C)C(c1ccc2cc([N+](=O)[O-])ccc2n1)C(C)N. The van der Waals surface area contributed by atoms with E-state index in [2.05, 4.69) is 18.8 Å². The summed E-state index contributed by atoms with van der Waals surface area (Å²) in [4.78, 5) is 15.0. The van der Waals surface area contributed by atoms with Gasteiger partial charge in [-0.1, -0.05) is 19.9 Å². The second kappa shape index (κ2) is 5.54. The van der Waals surface area contributed by atoms with E-state index in [0.717, 1.165) is 16.6 Å². The highest BCUT2D eigenvalue weighted by atomic mass is 16.6. The van der Waals surface area contributed by atoms with Crippen molar-refractivity contribution in [3.8, 4) is 0 Å². The van der Waals surface area contributed by atoms with Gasteiger partial charge in [-0.25, -0.2) is 0 Å². The molecule has 2 aromatic rings. The second-order valence-electron chi connectivity index (χ2n) is 5.50. The molecule has 1 aromatic heterocycles. The summed E-state index contributed by atoms with van der Waals surface area (Å²) in [5.74, 6) is 0.563. The van der Waals surface area contributed by atoms with E-state index in [-0.39, 0.29) is 17.6 Å². The van der Waals surface area contributed by atoms with Crippen LogP contribution >= 0.6 is 0 Å². The van der Waals surface area contributed by atoms with Crippen molar-refractivity contribution >= 4 is 16.6 Å². The van der Waals surface area contributed by atoms with Crippen molar-refractivity contribution in [1.29, 1.82) is 0 Å². The number of benzene rings is 1. The first kappa shape index (κ1) is 14.4. The van der Waals surface area contributed by atoms with E-state index in [1.165, 1.54) is 6.07 Å². The molecule has 5 heteroatoms. The zero-order valence-corrected chi connectivity index (χ0v) is 11.9. The minimum Gasteiger partial charge on any atom is -0.327 e. The van der Waals surface area contributed by atoms with Crippen molar-refractivity contribution in [2.45, 2.75) is 32.7 Å². The first-order valence-electron chi connectivity index (χ1n) is 6.71. The maximum absolute atomic E-state index is 10.8. The predicted octanol–water partition coefficient (Wildman–Crippen LogP) is 3.23. The fourth-order valence-corrected chi connectivity index (χ4v) is 2.65. The molecule has 0 amide bonds. The summed E-state index contributed by atoms with van der Waals surface area (Å²) in [6.45, 7) is 6.22. The topological polar surface area (TPSA) is 82.0 Å². The summed E-state index contributed by atoms with van der Waals surface area (Å²) in [6.07, 6.45) is 0. The van der Waals surface area contributed by atoms with Crippen LogP contribution in [0.3, 0.4) is 0 Å². The van der Waals surface area contributed by atoms with Gasteiger partial charge in [-0.05, 0) is 25.0 Å². The smallest absolute Gasteiger partial charge is 0.270 e. The van der Waals surface area contributed by atoms with Gasteiger partial charge in [0.05, 0.1) is 10.4 Å². The third-order valence-electron chi connectivity index (χ3n) is 3.53. The van der Waals surface area contributed by atoms with Gasteiger partial charge in [-0.2, -0.15) is 0 Å². The molecule has 1 heterocycles. The standard InChI is InChI=1S/C15H19N3O2/c1-9(2)15(10(3)16)14-6-4-11-8-12(18(19)20)5-7-13(11)17-14/h4-10,15H,16H2,1-3H3. The summed E-state index contributed by atoms with van der Waals surface area (Å²) >= 11 is 0. The fourth-order valence-electron chi connectivity index (χ4n) is 2.65. The van der Waals surface area contributed by atoms with Gasteiger partial charge >= 0.3 is 0 Å². The molecule has 2 N–H and O–H groups in total. The molecule has 5 nitrogen and oxygen atoms in total. The number of nitro groups is 1. The highest BCUT2D eigenvalue weighted by Gasteiger charge is 2.21. The maximum Gasteiger partial charge on any atom is 0.270 e. The average molecular weight is 273 g/mol. The molecule has 2 rings (SSSR count). The lowest BCUT2D eigenvalue weighted by Crippen LogP contribution is -2.29. The third-order valence-corrected chi connectivity index (χ3v) is 3.53. The van der Waals surface area contributed by atoms with Crippen LogP contribution in [0, 0.1) is 16.0 Å². The van der Waals surface area contributed by atoms with Gasteiger partial charge in [-0.3, -0.25) is 15.1 Å². The molecule has 1 aromatic carbocycles. The molecule has 0 saturated carbocycles. The summed E-state index contributed by atoms with van der Waals surface area (Å²) < 4.78 is 0. The minimum absolute atomic E-state index is 0.0120. The van der Waals surface area contributed by atoms with Crippen LogP contribution in [-0.2, 0) is 0 Å². The zero-order valence-electron chi connectivity index (χ0n) is 11.9. The molecule has 0 aliphatic rings. The Bertz CT molecular complexity index is 630. The van der Waals surface area contributed by atoms with Crippen LogP contribution in [0.25, 0.3) is 10.9 Å². The van der Waals surface area contributed by atoms with Gasteiger partial charge in [0.1, 0.15) is 0 Å². The molecule has 2 atom stereocenters. The Morgan fingerprint density at radius 3 is 2.45 bits per heavy atom. The molecule has 0 bridgehead atoms. The van der Waals surface area contributed by atoms with Crippen LogP contribution in [0.1, 0.15) is 32.4 Å². The van der Waals surface area contributed by atoms with Gasteiger partial charge in [0, 0.05) is 35.2 Å². The van der Waals surface area contributed by atoms with Crippen LogP contribution in [-0.4, -0.2) is 15.9 Å². The molecule has 2 unspecified atom stereocenters. The van der Waals surface area contributed by atoms with E-state index in [1.54, 1.807) is 12.1 Å². The number of aromatic nitrogens is 1. The van der Waals surface area contributed by atoms with E-state index in [9.17, 15) is 10.1 Å². The summed E-state index contributed by atoms with van der Waals surface area (Å²) in [6, 6.07) is 8.52. The Morgan fingerprint density at radius 1 is 1.20 bits per heavy atom. The Balaban J connectivity index is 2.48. The van der Waals surface area contributed by atoms with E-state index >= 15 is 0 Å². The van der Waals surface area contributed by atoms with Gasteiger partial charge in [-0.15, -0.1) is 0 Å². The van der Waals surface area contributed by atoms with Crippen molar-refractivity contribution in [3.05, 3.63) is 46.1 Å². The molecule has 106 valence electrons. The Labute approximate surface area is 118 Å². The number of pyridine rings is 1. The first-order chi connectivity index (χ1) is 9.40. The summed E-state index contributed by atoms with van der Waals surface area (Å²) in [7, 11) is 0. The molecule has 20 heavy (non-hydrogen) atoms. The Morgan fingerprint density at radius 2 is 1.90 bits per heavy atom. The molecule has 0 fully saturated rings. The van der Waals surface area contributed by atoms with Gasteiger partial charge in [0.25, 0.3) is 5.69 Å². The number of rotatable bonds is 4. The van der Waals surface area contributed by atoms with E-state index in [0.29, 0.717) is 5.92 Å². The highest BCUT2D eigenvalue weighted by Crippen LogP contribution is 2.28. The lowest BCUT2D eigenvalue weighted by molar-refractivity contribution is -0.384. The van der Waals surface area contributed by atoms with E-state index < -0.39 is 4.92 Å². The number of hydrogen-bond acceptors (Lipinski definition) is 4. The van der Waals surface area contributed by atoms with Crippen LogP contribution in [0.5, 0.6) is 0 Å². The zero-order chi connectivity index (χ0) is 14.9. The quantitative estimate of drug-likeness (QED) is 0.684. The van der Waals surface area contributed by atoms with E-state index in [4.69, 9.17) is 5.73 Å². The minimum atomic E-state index is -0.397. The van der Waals surface area contributed by atoms with Crippen molar-refractivity contribution in [3.63, 3.8) is 0 Å². The van der Waals surface area contributed by atoms with Gasteiger partial charge < -0.3 is 5.73 Å². The van der Waals surface area contributed by atoms with Crippen LogP contribution in [0.15, 0.2) is 30.3 Å². The largest absolute Gasteiger partial charge is 0.327 e. The average Bonchev–Trinajstić information content (AvgIpc) is 2.37. The molecular formula is C15H19N3O2. The lowest BCUT2D eigenvalue weighted by Gasteiger charge is -2.24. The lowest BCUT2D eigenvalue weighted by atomic mass is 9.86. The Kier molecular flexibility index (Phi) is 3.99. The normalized spacial score (nSPS) is 14.4. The molecule has 0 radical (unpaired) electrons. The molecule has 0 spiro atoms. The van der Waals surface area contributed by atoms with E-state index in [1.807, 2.05) is 19.1 Å². The van der Waals surface area contributed by atoms with Crippen molar-refractivity contribution in [2.24, 2.45) is 11.7 Å². The predicted molar refractivity (Wildman–Crippen MR) is 79.6 cm³/mol. The molecular weight excluding hydrogens is 254 g/mol. The van der Waals surface area contributed by atoms with Crippen LogP contribution in [0.4, 0.5) is 5.69 Å². The second-order valence-corrected chi connectivity index (χ2v) is 5.50. The highest BCUT2D eigenvalue weighted by molar-refractivity contribution is 5.81. The van der Waals surface area contributed by atoms with Crippen LogP contribution < -0.4 is 5.73 Å². The molecule has 0 saturated heterocycles. The van der Waals surface area contributed by atoms with Crippen LogP contribution in [0.2, 0.25) is 0 Å². The maximum atomic E-state index is 10.8. The Hall–Kier alpha value is -2.01. The number of nitrogens with two attached hydrogens (primary N) is 1. The third kappa shape index (κ3) is 2.77. The number of fused-ring (bicyclic) bond motifs is 1. The van der Waals surface area contributed by atoms with Crippen molar-refractivity contribution in [1.82, 2.24) is 4.98 Å². The number of nitro benzene ring substituents is 1. The molecule has 0 aliphatic heterocycles. The van der Waals surface area contributed by atoms with Crippen molar-refractivity contribution < 1.29 is 4.92 Å². The van der Waals surface area contributed by atoms with Gasteiger partial charge in [0.2, 0.25) is 0 Å². The summed E-state index contributed by atoms with van der Waals surface area (Å²) in [5.41, 5.74) is 7.84. The molecule has 0 aliphatic carbocycles. The fraction of sp³-hybridized carbons (Fsp3) is 0.400. The number of nitrogens with zero attached hydrogens (tertiary/aromatic N) is 2. The number of hydrogen-bond donors (Lipinski definition) is 1. The first-order valence-corrected chi connectivity index (χ1v) is 6.71. The summed E-state index contributed by atoms with van der Waals surface area (Å²) in [5, 5.41) is 11.5. The monoisotopic (exact) mass is 273 g/mol. The van der Waals surface area contributed by atoms with Crippen molar-refractivity contribution in [2.75, 3.05) is 0 Å². The number of non-ortho nitro benzene ring substituents is 1.